The molecule has 19 heavy (non-hydrogen) atoms. The number of benzene rings is 2. The van der Waals surface area contributed by atoms with Crippen molar-refractivity contribution >= 4 is 5.97 Å². The summed E-state index contributed by atoms with van der Waals surface area (Å²) in [6, 6.07) is 14.1. The van der Waals surface area contributed by atoms with E-state index in [-0.39, 0.29) is 5.56 Å². The van der Waals surface area contributed by atoms with Gasteiger partial charge in [-0.3, -0.25) is 0 Å². The maximum atomic E-state index is 11.0. The molecule has 2 aromatic carbocycles. The van der Waals surface area contributed by atoms with Crippen LogP contribution in [0.5, 0.6) is 11.5 Å². The van der Waals surface area contributed by atoms with Crippen LogP contribution in [0.4, 0.5) is 0 Å². The molecule has 4 heteroatoms. The quantitative estimate of drug-likeness (QED) is 0.845. The van der Waals surface area contributed by atoms with Gasteiger partial charge in [0.15, 0.2) is 0 Å². The van der Waals surface area contributed by atoms with Gasteiger partial charge in [0, 0.05) is 11.1 Å². The normalized spacial score (nSPS) is 15.6. The van der Waals surface area contributed by atoms with Crippen molar-refractivity contribution in [1.82, 2.24) is 0 Å². The molecule has 1 N–H and O–H groups in total. The molecule has 3 rings (SSSR count). The minimum atomic E-state index is -1.02. The highest BCUT2D eigenvalue weighted by atomic mass is 16.5. The van der Waals surface area contributed by atoms with Crippen molar-refractivity contribution in [2.45, 2.75) is 5.92 Å². The Bertz CT molecular complexity index is 716. The van der Waals surface area contributed by atoms with Gasteiger partial charge < -0.3 is 9.84 Å². The smallest absolute Gasteiger partial charge is 0.335 e. The van der Waals surface area contributed by atoms with Crippen LogP contribution in [0.1, 0.15) is 27.4 Å². The van der Waals surface area contributed by atoms with Crippen LogP contribution in [0, 0.1) is 11.3 Å². The van der Waals surface area contributed by atoms with E-state index in [0.717, 1.165) is 5.56 Å². The fourth-order valence-corrected chi connectivity index (χ4v) is 2.24. The van der Waals surface area contributed by atoms with Gasteiger partial charge in [0.1, 0.15) is 17.4 Å². The van der Waals surface area contributed by atoms with Crippen LogP contribution in [0.25, 0.3) is 0 Å². The van der Waals surface area contributed by atoms with Crippen molar-refractivity contribution < 1.29 is 14.6 Å². The first-order valence-electron chi connectivity index (χ1n) is 5.74. The van der Waals surface area contributed by atoms with Gasteiger partial charge in [-0.1, -0.05) is 18.2 Å². The molecule has 1 heterocycles. The third kappa shape index (κ3) is 1.72. The molecule has 0 radical (unpaired) electrons. The van der Waals surface area contributed by atoms with Gasteiger partial charge in [0.25, 0.3) is 0 Å². The predicted molar refractivity (Wildman–Crippen MR) is 67.4 cm³/mol. The first-order chi connectivity index (χ1) is 9.20. The Kier molecular flexibility index (Phi) is 2.46. The van der Waals surface area contributed by atoms with Crippen LogP contribution in [0.2, 0.25) is 0 Å². The maximum Gasteiger partial charge on any atom is 0.335 e. The van der Waals surface area contributed by atoms with Gasteiger partial charge in [-0.15, -0.1) is 0 Å². The summed E-state index contributed by atoms with van der Waals surface area (Å²) in [4.78, 5) is 11.0. The Morgan fingerprint density at radius 3 is 2.63 bits per heavy atom. The first kappa shape index (κ1) is 11.3. The molecule has 0 bridgehead atoms. The number of aromatic carboxylic acids is 1. The molecule has 2 aromatic rings. The van der Waals surface area contributed by atoms with Crippen LogP contribution < -0.4 is 4.74 Å². The number of nitrogens with zero attached hydrogens (tertiary/aromatic N) is 1. The molecule has 1 atom stereocenters. The fourth-order valence-electron chi connectivity index (χ4n) is 2.24. The molecule has 4 nitrogen and oxygen atoms in total. The lowest BCUT2D eigenvalue weighted by Gasteiger charge is -2.24. The minimum Gasteiger partial charge on any atom is -0.478 e. The number of ether oxygens (including phenoxy) is 1. The summed E-state index contributed by atoms with van der Waals surface area (Å²) in [6.45, 7) is 0. The van der Waals surface area contributed by atoms with Crippen molar-refractivity contribution in [3.05, 3.63) is 59.2 Å². The lowest BCUT2D eigenvalue weighted by Crippen LogP contribution is -2.10. The number of rotatable bonds is 1. The Hall–Kier alpha value is -2.80. The summed E-state index contributed by atoms with van der Waals surface area (Å²) < 4.78 is 5.70. The Morgan fingerprint density at radius 1 is 1.16 bits per heavy atom. The molecular weight excluding hydrogens is 242 g/mol. The summed E-state index contributed by atoms with van der Waals surface area (Å²) in [5, 5.41) is 18.4. The van der Waals surface area contributed by atoms with Crippen molar-refractivity contribution in [3.63, 3.8) is 0 Å². The van der Waals surface area contributed by atoms with Crippen LogP contribution >= 0.6 is 0 Å². The molecule has 0 amide bonds. The molecule has 0 aliphatic carbocycles. The molecule has 0 saturated heterocycles. The first-order valence-corrected chi connectivity index (χ1v) is 5.74. The number of para-hydroxylation sites is 1. The van der Waals surface area contributed by atoms with Crippen LogP contribution in [0.3, 0.4) is 0 Å². The predicted octanol–water partition coefficient (Wildman–Crippen LogP) is 3.15. The fraction of sp³-hybridized carbons (Fsp3) is 0.0667. The lowest BCUT2D eigenvalue weighted by atomic mass is 9.88. The number of fused-ring (bicyclic) bond motifs is 2. The van der Waals surface area contributed by atoms with E-state index in [0.29, 0.717) is 17.1 Å². The molecule has 92 valence electrons. The van der Waals surface area contributed by atoms with Crippen LogP contribution in [0.15, 0.2) is 42.5 Å². The summed E-state index contributed by atoms with van der Waals surface area (Å²) in [5.74, 6) is -0.336. The highest BCUT2D eigenvalue weighted by molar-refractivity contribution is 5.88. The topological polar surface area (TPSA) is 70.3 Å². The minimum absolute atomic E-state index is 0.155. The van der Waals surface area contributed by atoms with Crippen molar-refractivity contribution in [2.24, 2.45) is 0 Å². The number of hydrogen-bond acceptors (Lipinski definition) is 3. The van der Waals surface area contributed by atoms with Gasteiger partial charge in [-0.25, -0.2) is 4.79 Å². The standard InChI is InChI=1S/C15H9NO3/c16-8-12-10-3-1-2-4-13(10)19-14-6-5-9(15(17)18)7-11(12)14/h1-7,12H,(H,17,18). The second kappa shape index (κ2) is 4.14. The zero-order valence-electron chi connectivity index (χ0n) is 9.83. The highest BCUT2D eigenvalue weighted by Crippen LogP contribution is 2.43. The van der Waals surface area contributed by atoms with E-state index in [1.807, 2.05) is 18.2 Å². The third-order valence-corrected chi connectivity index (χ3v) is 3.15. The third-order valence-electron chi connectivity index (χ3n) is 3.15. The molecule has 0 fully saturated rings. The largest absolute Gasteiger partial charge is 0.478 e. The van der Waals surface area contributed by atoms with Gasteiger partial charge in [0.2, 0.25) is 0 Å². The number of carboxylic acid groups (broad SMARTS) is 1. The van der Waals surface area contributed by atoms with Gasteiger partial charge in [-0.2, -0.15) is 5.26 Å². The Labute approximate surface area is 109 Å². The maximum absolute atomic E-state index is 11.0. The number of carbonyl (C=O) groups is 1. The Morgan fingerprint density at radius 2 is 1.89 bits per heavy atom. The average Bonchev–Trinajstić information content (AvgIpc) is 2.44. The molecule has 0 saturated carbocycles. The molecule has 1 aliphatic heterocycles. The average molecular weight is 251 g/mol. The van der Waals surface area contributed by atoms with E-state index in [1.165, 1.54) is 12.1 Å². The zero-order chi connectivity index (χ0) is 13.4. The summed E-state index contributed by atoms with van der Waals surface area (Å²) in [5.41, 5.74) is 1.52. The lowest BCUT2D eigenvalue weighted by molar-refractivity contribution is 0.0696. The molecule has 1 aliphatic rings. The second-order valence-corrected chi connectivity index (χ2v) is 4.26. The molecule has 1 unspecified atom stereocenters. The molecule has 0 spiro atoms. The van der Waals surface area contributed by atoms with Crippen molar-refractivity contribution in [3.8, 4) is 17.6 Å². The number of hydrogen-bond donors (Lipinski definition) is 1. The van der Waals surface area contributed by atoms with E-state index >= 15 is 0 Å². The summed E-state index contributed by atoms with van der Waals surface area (Å²) >= 11 is 0. The van der Waals surface area contributed by atoms with Gasteiger partial charge in [0.05, 0.1) is 11.6 Å². The van der Waals surface area contributed by atoms with E-state index < -0.39 is 11.9 Å². The monoisotopic (exact) mass is 251 g/mol. The van der Waals surface area contributed by atoms with Gasteiger partial charge >= 0.3 is 5.97 Å². The van der Waals surface area contributed by atoms with Crippen LogP contribution in [-0.2, 0) is 0 Å². The van der Waals surface area contributed by atoms with E-state index in [4.69, 9.17) is 9.84 Å². The second-order valence-electron chi connectivity index (χ2n) is 4.26. The van der Waals surface area contributed by atoms with E-state index in [2.05, 4.69) is 6.07 Å². The summed E-state index contributed by atoms with van der Waals surface area (Å²) in [6.07, 6.45) is 0. The van der Waals surface area contributed by atoms with E-state index in [1.54, 1.807) is 12.1 Å². The number of carboxylic acids is 1. The zero-order valence-corrected chi connectivity index (χ0v) is 9.83. The van der Waals surface area contributed by atoms with Crippen molar-refractivity contribution in [1.29, 1.82) is 5.26 Å². The van der Waals surface area contributed by atoms with Gasteiger partial charge in [-0.05, 0) is 24.3 Å². The van der Waals surface area contributed by atoms with Crippen molar-refractivity contribution in [2.75, 3.05) is 0 Å². The highest BCUT2D eigenvalue weighted by Gasteiger charge is 2.27. The number of nitriles is 1. The molecule has 0 aromatic heterocycles. The Balaban J connectivity index is 2.19. The van der Waals surface area contributed by atoms with Crippen LogP contribution in [-0.4, -0.2) is 11.1 Å². The molecular formula is C15H9NO3. The summed E-state index contributed by atoms with van der Waals surface area (Å²) in [7, 11) is 0. The SMILES string of the molecule is N#CC1c2ccccc2Oc2ccc(C(=O)O)cc21. The van der Waals surface area contributed by atoms with E-state index in [9.17, 15) is 10.1 Å².